The molecule has 0 saturated carbocycles. The van der Waals surface area contributed by atoms with Crippen molar-refractivity contribution in [3.63, 3.8) is 0 Å². The van der Waals surface area contributed by atoms with Crippen molar-refractivity contribution in [1.29, 1.82) is 0 Å². The normalized spacial score (nSPS) is 21.2. The van der Waals surface area contributed by atoms with E-state index in [2.05, 4.69) is 5.32 Å². The van der Waals surface area contributed by atoms with Gasteiger partial charge in [-0.25, -0.2) is 4.79 Å². The Morgan fingerprint density at radius 3 is 2.86 bits per heavy atom. The average Bonchev–Trinajstić information content (AvgIpc) is 2.47. The summed E-state index contributed by atoms with van der Waals surface area (Å²) < 4.78 is 10.4. The van der Waals surface area contributed by atoms with E-state index in [1.807, 2.05) is 6.92 Å². The number of anilines is 1. The summed E-state index contributed by atoms with van der Waals surface area (Å²) in [5.41, 5.74) is -0.0205. The van der Waals surface area contributed by atoms with Crippen LogP contribution in [0, 0.1) is 5.41 Å². The maximum Gasteiger partial charge on any atom is 0.341 e. The number of carboxylic acid groups (broad SMARTS) is 1. The quantitative estimate of drug-likeness (QED) is 0.868. The molecular formula is C15H18ClNO5. The molecule has 1 amide bonds. The Bertz CT molecular complexity index is 569. The smallest absolute Gasteiger partial charge is 0.341 e. The van der Waals surface area contributed by atoms with Gasteiger partial charge in [0.25, 0.3) is 0 Å². The SMILES string of the molecule is CC1(C(=O)Nc2ccc(OCC(=O)O)c(Cl)c2)CCCOC1. The fourth-order valence-corrected chi connectivity index (χ4v) is 2.47. The van der Waals surface area contributed by atoms with Gasteiger partial charge in [-0.05, 0) is 38.0 Å². The van der Waals surface area contributed by atoms with E-state index in [-0.39, 0.29) is 16.7 Å². The molecular weight excluding hydrogens is 310 g/mol. The maximum absolute atomic E-state index is 12.4. The van der Waals surface area contributed by atoms with Crippen LogP contribution in [0.1, 0.15) is 19.8 Å². The maximum atomic E-state index is 12.4. The molecule has 1 unspecified atom stereocenters. The highest BCUT2D eigenvalue weighted by Crippen LogP contribution is 2.31. The van der Waals surface area contributed by atoms with Gasteiger partial charge in [0.2, 0.25) is 5.91 Å². The van der Waals surface area contributed by atoms with Crippen molar-refractivity contribution < 1.29 is 24.2 Å². The third-order valence-electron chi connectivity index (χ3n) is 3.53. The molecule has 1 aliphatic rings. The van der Waals surface area contributed by atoms with Crippen LogP contribution in [0.2, 0.25) is 5.02 Å². The zero-order valence-electron chi connectivity index (χ0n) is 12.2. The minimum absolute atomic E-state index is 0.123. The first-order valence-corrected chi connectivity index (χ1v) is 7.32. The fourth-order valence-electron chi connectivity index (χ4n) is 2.23. The number of aliphatic carboxylic acids is 1. The molecule has 0 aromatic heterocycles. The summed E-state index contributed by atoms with van der Waals surface area (Å²) in [6, 6.07) is 4.68. The molecule has 1 heterocycles. The van der Waals surface area contributed by atoms with Crippen molar-refractivity contribution in [3.8, 4) is 5.75 Å². The standard InChI is InChI=1S/C15H18ClNO5/c1-15(5-2-6-21-9-15)14(20)17-10-3-4-12(11(16)7-10)22-8-13(18)19/h3-4,7H,2,5-6,8-9H2,1H3,(H,17,20)(H,18,19). The molecule has 0 aliphatic carbocycles. The molecule has 22 heavy (non-hydrogen) atoms. The van der Waals surface area contributed by atoms with Gasteiger partial charge in [0.15, 0.2) is 6.61 Å². The highest BCUT2D eigenvalue weighted by atomic mass is 35.5. The van der Waals surface area contributed by atoms with Crippen LogP contribution >= 0.6 is 11.6 Å². The zero-order valence-corrected chi connectivity index (χ0v) is 13.0. The molecule has 120 valence electrons. The van der Waals surface area contributed by atoms with E-state index in [1.54, 1.807) is 6.07 Å². The molecule has 2 rings (SSSR count). The molecule has 2 N–H and O–H groups in total. The molecule has 1 atom stereocenters. The Hall–Kier alpha value is -1.79. The number of hydrogen-bond donors (Lipinski definition) is 2. The summed E-state index contributed by atoms with van der Waals surface area (Å²) in [5.74, 6) is -0.949. The lowest BCUT2D eigenvalue weighted by Crippen LogP contribution is -2.40. The third kappa shape index (κ3) is 4.11. The summed E-state index contributed by atoms with van der Waals surface area (Å²) in [4.78, 5) is 22.8. The second-order valence-corrected chi connectivity index (χ2v) is 5.91. The number of ether oxygens (including phenoxy) is 2. The van der Waals surface area contributed by atoms with Crippen LogP contribution in [-0.4, -0.2) is 36.8 Å². The monoisotopic (exact) mass is 327 g/mol. The molecule has 1 aromatic carbocycles. The summed E-state index contributed by atoms with van der Waals surface area (Å²) in [7, 11) is 0. The number of carbonyl (C=O) groups is 2. The van der Waals surface area contributed by atoms with Crippen LogP contribution in [0.25, 0.3) is 0 Å². The third-order valence-corrected chi connectivity index (χ3v) is 3.82. The predicted octanol–water partition coefficient (Wildman–Crippen LogP) is 2.56. The van der Waals surface area contributed by atoms with Gasteiger partial charge in [0.05, 0.1) is 17.0 Å². The number of rotatable bonds is 5. The summed E-state index contributed by atoms with van der Waals surface area (Å²) in [6.07, 6.45) is 1.62. The number of hydrogen-bond acceptors (Lipinski definition) is 4. The van der Waals surface area contributed by atoms with Crippen molar-refractivity contribution in [2.24, 2.45) is 5.41 Å². The Morgan fingerprint density at radius 2 is 2.27 bits per heavy atom. The number of nitrogens with one attached hydrogen (secondary N) is 1. The van der Waals surface area contributed by atoms with Crippen LogP contribution in [0.4, 0.5) is 5.69 Å². The second-order valence-electron chi connectivity index (χ2n) is 5.50. The minimum atomic E-state index is -1.08. The molecule has 1 aliphatic heterocycles. The average molecular weight is 328 g/mol. The van der Waals surface area contributed by atoms with Crippen molar-refractivity contribution in [3.05, 3.63) is 23.2 Å². The van der Waals surface area contributed by atoms with E-state index in [4.69, 9.17) is 26.2 Å². The summed E-state index contributed by atoms with van der Waals surface area (Å²) in [5, 5.41) is 11.6. The van der Waals surface area contributed by atoms with Gasteiger partial charge < -0.3 is 19.9 Å². The van der Waals surface area contributed by atoms with Gasteiger partial charge >= 0.3 is 5.97 Å². The first-order chi connectivity index (χ1) is 10.4. The molecule has 7 heteroatoms. The molecule has 1 saturated heterocycles. The number of benzene rings is 1. The summed E-state index contributed by atoms with van der Waals surface area (Å²) >= 11 is 6.02. The van der Waals surface area contributed by atoms with Gasteiger partial charge in [-0.15, -0.1) is 0 Å². The number of carbonyl (C=O) groups excluding carboxylic acids is 1. The Kier molecular flexibility index (Phi) is 5.26. The Labute approximate surface area is 133 Å². The van der Waals surface area contributed by atoms with Crippen molar-refractivity contribution in [2.75, 3.05) is 25.1 Å². The topological polar surface area (TPSA) is 84.9 Å². The lowest BCUT2D eigenvalue weighted by Gasteiger charge is -2.31. The van der Waals surface area contributed by atoms with E-state index in [0.717, 1.165) is 12.8 Å². The van der Waals surface area contributed by atoms with Crippen LogP contribution in [0.3, 0.4) is 0 Å². The molecule has 0 bridgehead atoms. The van der Waals surface area contributed by atoms with Gasteiger partial charge in [0.1, 0.15) is 5.75 Å². The van der Waals surface area contributed by atoms with Crippen LogP contribution in [0.15, 0.2) is 18.2 Å². The highest BCUT2D eigenvalue weighted by molar-refractivity contribution is 6.32. The fraction of sp³-hybridized carbons (Fsp3) is 0.467. The minimum Gasteiger partial charge on any atom is -0.480 e. The molecule has 1 fully saturated rings. The zero-order chi connectivity index (χ0) is 16.2. The molecule has 0 radical (unpaired) electrons. The second kappa shape index (κ2) is 6.98. The Morgan fingerprint density at radius 1 is 1.50 bits per heavy atom. The van der Waals surface area contributed by atoms with E-state index in [0.29, 0.717) is 18.9 Å². The van der Waals surface area contributed by atoms with Gasteiger partial charge in [0, 0.05) is 12.3 Å². The van der Waals surface area contributed by atoms with Crippen molar-refractivity contribution >= 4 is 29.2 Å². The van der Waals surface area contributed by atoms with Gasteiger partial charge in [-0.3, -0.25) is 4.79 Å². The molecule has 6 nitrogen and oxygen atoms in total. The van der Waals surface area contributed by atoms with E-state index in [9.17, 15) is 9.59 Å². The van der Waals surface area contributed by atoms with Crippen LogP contribution in [-0.2, 0) is 14.3 Å². The van der Waals surface area contributed by atoms with Crippen molar-refractivity contribution in [1.82, 2.24) is 0 Å². The first-order valence-electron chi connectivity index (χ1n) is 6.94. The number of halogens is 1. The lowest BCUT2D eigenvalue weighted by molar-refractivity contribution is -0.139. The van der Waals surface area contributed by atoms with Crippen LogP contribution < -0.4 is 10.1 Å². The van der Waals surface area contributed by atoms with E-state index in [1.165, 1.54) is 12.1 Å². The number of amides is 1. The largest absolute Gasteiger partial charge is 0.480 e. The van der Waals surface area contributed by atoms with Gasteiger partial charge in [-0.1, -0.05) is 11.6 Å². The number of carboxylic acids is 1. The van der Waals surface area contributed by atoms with Crippen molar-refractivity contribution in [2.45, 2.75) is 19.8 Å². The van der Waals surface area contributed by atoms with E-state index >= 15 is 0 Å². The lowest BCUT2D eigenvalue weighted by atomic mass is 9.84. The van der Waals surface area contributed by atoms with E-state index < -0.39 is 18.0 Å². The molecule has 0 spiro atoms. The highest BCUT2D eigenvalue weighted by Gasteiger charge is 2.35. The van der Waals surface area contributed by atoms with Crippen LogP contribution in [0.5, 0.6) is 5.75 Å². The Balaban J connectivity index is 2.02. The van der Waals surface area contributed by atoms with Gasteiger partial charge in [-0.2, -0.15) is 0 Å². The predicted molar refractivity (Wildman–Crippen MR) is 81.4 cm³/mol. The summed E-state index contributed by atoms with van der Waals surface area (Å²) in [6.45, 7) is 2.48. The first kappa shape index (κ1) is 16.6. The molecule has 1 aromatic rings.